The summed E-state index contributed by atoms with van der Waals surface area (Å²) < 4.78 is 0. The molecule has 1 heterocycles. The Kier molecular flexibility index (Phi) is 2.96. The molecule has 0 saturated carbocycles. The van der Waals surface area contributed by atoms with Crippen LogP contribution in [0.2, 0.25) is 0 Å². The maximum Gasteiger partial charge on any atom is 0.354 e. The van der Waals surface area contributed by atoms with E-state index in [0.29, 0.717) is 0 Å². The molecule has 0 spiro atoms. The highest BCUT2D eigenvalue weighted by Crippen LogP contribution is 2.34. The minimum atomic E-state index is -1.40. The monoisotopic (exact) mass is 273 g/mol. The number of hydrogen-bond acceptors (Lipinski definition) is 6. The lowest BCUT2D eigenvalue weighted by Crippen LogP contribution is -2.05. The second-order valence-corrected chi connectivity index (χ2v) is 4.00. The number of carboxylic acids is 1. The number of carboxylic acid groups (broad SMARTS) is 1. The van der Waals surface area contributed by atoms with Gasteiger partial charge in [0.25, 0.3) is 5.69 Å². The van der Waals surface area contributed by atoms with Gasteiger partial charge in [-0.3, -0.25) is 10.1 Å². The molecule has 100 valence electrons. The summed E-state index contributed by atoms with van der Waals surface area (Å²) in [4.78, 5) is 25.0. The first-order chi connectivity index (χ1) is 9.36. The fraction of sp³-hybridized carbons (Fsp3) is 0.0833. The number of carbonyl (C=O) groups is 1. The van der Waals surface area contributed by atoms with E-state index in [4.69, 9.17) is 10.4 Å². The molecule has 8 nitrogen and oxygen atoms in total. The fourth-order valence-corrected chi connectivity index (χ4v) is 1.84. The van der Waals surface area contributed by atoms with Crippen LogP contribution in [0, 0.1) is 28.4 Å². The molecule has 1 aromatic carbocycles. The van der Waals surface area contributed by atoms with Crippen LogP contribution in [0.3, 0.4) is 0 Å². The Morgan fingerprint density at radius 3 is 2.65 bits per heavy atom. The van der Waals surface area contributed by atoms with Crippen LogP contribution >= 0.6 is 0 Å². The SMILES string of the molecule is Cc1c(C(=O)O)nc2c([N+](=O)[O-])cc(C#N)cc2c1O. The summed E-state index contributed by atoms with van der Waals surface area (Å²) in [7, 11) is 0. The molecule has 0 fully saturated rings. The lowest BCUT2D eigenvalue weighted by Gasteiger charge is -2.08. The quantitative estimate of drug-likeness (QED) is 0.627. The fourth-order valence-electron chi connectivity index (χ4n) is 1.84. The average Bonchev–Trinajstić information content (AvgIpc) is 2.41. The summed E-state index contributed by atoms with van der Waals surface area (Å²) in [6.07, 6.45) is 0. The van der Waals surface area contributed by atoms with Gasteiger partial charge in [0.1, 0.15) is 5.75 Å². The molecule has 0 radical (unpaired) electrons. The predicted molar refractivity (Wildman–Crippen MR) is 66.5 cm³/mol. The van der Waals surface area contributed by atoms with Gasteiger partial charge in [0.05, 0.1) is 21.9 Å². The number of aromatic carboxylic acids is 1. The molecule has 0 aliphatic heterocycles. The summed E-state index contributed by atoms with van der Waals surface area (Å²) in [5, 5.41) is 38.8. The van der Waals surface area contributed by atoms with Gasteiger partial charge in [-0.1, -0.05) is 0 Å². The van der Waals surface area contributed by atoms with E-state index in [9.17, 15) is 20.0 Å². The number of nitro groups is 1. The third-order valence-electron chi connectivity index (χ3n) is 2.81. The Bertz CT molecular complexity index is 807. The largest absolute Gasteiger partial charge is 0.507 e. The van der Waals surface area contributed by atoms with Crippen molar-refractivity contribution in [3.05, 3.63) is 39.1 Å². The number of benzene rings is 1. The first-order valence-corrected chi connectivity index (χ1v) is 5.32. The molecule has 20 heavy (non-hydrogen) atoms. The predicted octanol–water partition coefficient (Wildman–Crippen LogP) is 1.73. The number of hydrogen-bond donors (Lipinski definition) is 2. The summed E-state index contributed by atoms with van der Waals surface area (Å²) in [5.74, 6) is -1.84. The average molecular weight is 273 g/mol. The lowest BCUT2D eigenvalue weighted by atomic mass is 10.0. The Morgan fingerprint density at radius 2 is 2.15 bits per heavy atom. The molecular formula is C12H7N3O5. The number of nitrogens with zero attached hydrogens (tertiary/aromatic N) is 3. The molecule has 2 aromatic rings. The van der Waals surface area contributed by atoms with Gasteiger partial charge in [-0.05, 0) is 13.0 Å². The van der Waals surface area contributed by atoms with Gasteiger partial charge >= 0.3 is 5.97 Å². The normalized spacial score (nSPS) is 10.2. The summed E-state index contributed by atoms with van der Waals surface area (Å²) >= 11 is 0. The molecule has 8 heteroatoms. The van der Waals surface area contributed by atoms with Crippen LogP contribution in [0.15, 0.2) is 12.1 Å². The molecular weight excluding hydrogens is 266 g/mol. The lowest BCUT2D eigenvalue weighted by molar-refractivity contribution is -0.383. The van der Waals surface area contributed by atoms with Gasteiger partial charge in [0, 0.05) is 11.6 Å². The minimum Gasteiger partial charge on any atom is -0.507 e. The van der Waals surface area contributed by atoms with Crippen molar-refractivity contribution in [2.75, 3.05) is 0 Å². The van der Waals surface area contributed by atoms with E-state index in [1.807, 2.05) is 0 Å². The molecule has 0 atom stereocenters. The maximum absolute atomic E-state index is 11.0. The van der Waals surface area contributed by atoms with Crippen molar-refractivity contribution in [2.45, 2.75) is 6.92 Å². The maximum atomic E-state index is 11.0. The van der Waals surface area contributed by atoms with Gasteiger partial charge in [0.15, 0.2) is 11.2 Å². The van der Waals surface area contributed by atoms with Crippen molar-refractivity contribution in [1.82, 2.24) is 4.98 Å². The second kappa shape index (κ2) is 4.47. The number of pyridine rings is 1. The van der Waals surface area contributed by atoms with E-state index in [-0.39, 0.29) is 22.0 Å². The highest BCUT2D eigenvalue weighted by molar-refractivity contribution is 5.99. The van der Waals surface area contributed by atoms with Crippen molar-refractivity contribution < 1.29 is 19.9 Å². The number of nitro benzene ring substituents is 1. The van der Waals surface area contributed by atoms with E-state index < -0.39 is 28.0 Å². The zero-order valence-electron chi connectivity index (χ0n) is 10.1. The van der Waals surface area contributed by atoms with Crippen LogP contribution in [-0.4, -0.2) is 26.1 Å². The molecule has 1 aromatic heterocycles. The standard InChI is InChI=1S/C12H7N3O5/c1-5-9(12(17)18)14-10-7(11(5)16)2-6(4-13)3-8(10)15(19)20/h2-3H,1H3,(H,14,16)(H,17,18). The van der Waals surface area contributed by atoms with Crippen molar-refractivity contribution >= 4 is 22.6 Å². The number of non-ortho nitro benzene ring substituents is 1. The van der Waals surface area contributed by atoms with Crippen LogP contribution in [0.1, 0.15) is 21.6 Å². The van der Waals surface area contributed by atoms with Crippen LogP contribution in [0.4, 0.5) is 5.69 Å². The van der Waals surface area contributed by atoms with Gasteiger partial charge in [-0.2, -0.15) is 5.26 Å². The van der Waals surface area contributed by atoms with Crippen molar-refractivity contribution in [2.24, 2.45) is 0 Å². The van der Waals surface area contributed by atoms with Crippen molar-refractivity contribution in [3.63, 3.8) is 0 Å². The minimum absolute atomic E-state index is 0.0191. The zero-order chi connectivity index (χ0) is 15.0. The summed E-state index contributed by atoms with van der Waals surface area (Å²) in [6.45, 7) is 1.33. The van der Waals surface area contributed by atoms with Crippen LogP contribution in [-0.2, 0) is 0 Å². The molecule has 0 aliphatic carbocycles. The molecule has 0 unspecified atom stereocenters. The summed E-state index contributed by atoms with van der Waals surface area (Å²) in [5.41, 5.74) is -1.31. The summed E-state index contributed by atoms with van der Waals surface area (Å²) in [6, 6.07) is 3.95. The van der Waals surface area contributed by atoms with Gasteiger partial charge in [-0.15, -0.1) is 0 Å². The van der Waals surface area contributed by atoms with E-state index in [0.717, 1.165) is 6.07 Å². The van der Waals surface area contributed by atoms with E-state index >= 15 is 0 Å². The molecule has 0 amide bonds. The Labute approximate surface area is 111 Å². The molecule has 0 bridgehead atoms. The first kappa shape index (κ1) is 13.2. The van der Waals surface area contributed by atoms with E-state index in [1.165, 1.54) is 13.0 Å². The van der Waals surface area contributed by atoms with Crippen LogP contribution in [0.25, 0.3) is 10.9 Å². The van der Waals surface area contributed by atoms with Gasteiger partial charge in [-0.25, -0.2) is 9.78 Å². The van der Waals surface area contributed by atoms with Gasteiger partial charge in [0.2, 0.25) is 0 Å². The third kappa shape index (κ3) is 1.87. The zero-order valence-corrected chi connectivity index (χ0v) is 10.1. The van der Waals surface area contributed by atoms with E-state index in [1.54, 1.807) is 6.07 Å². The molecule has 2 N–H and O–H groups in total. The van der Waals surface area contributed by atoms with E-state index in [2.05, 4.69) is 4.98 Å². The van der Waals surface area contributed by atoms with Crippen LogP contribution < -0.4 is 0 Å². The number of aromatic hydroxyl groups is 1. The number of nitriles is 1. The number of aromatic nitrogens is 1. The third-order valence-corrected chi connectivity index (χ3v) is 2.81. The van der Waals surface area contributed by atoms with Crippen molar-refractivity contribution in [1.29, 1.82) is 5.26 Å². The first-order valence-electron chi connectivity index (χ1n) is 5.32. The topological polar surface area (TPSA) is 137 Å². The number of fused-ring (bicyclic) bond motifs is 1. The van der Waals surface area contributed by atoms with Crippen LogP contribution in [0.5, 0.6) is 5.75 Å². The number of rotatable bonds is 2. The highest BCUT2D eigenvalue weighted by Gasteiger charge is 2.23. The van der Waals surface area contributed by atoms with Gasteiger partial charge < -0.3 is 10.2 Å². The second-order valence-electron chi connectivity index (χ2n) is 4.00. The highest BCUT2D eigenvalue weighted by atomic mass is 16.6. The Balaban J connectivity index is 3.03. The smallest absolute Gasteiger partial charge is 0.354 e. The Hall–Kier alpha value is -3.21. The molecule has 2 rings (SSSR count). The molecule has 0 aliphatic rings. The van der Waals surface area contributed by atoms with Crippen molar-refractivity contribution in [3.8, 4) is 11.8 Å². The Morgan fingerprint density at radius 1 is 1.50 bits per heavy atom. The molecule has 0 saturated heterocycles.